The molecule has 9 nitrogen and oxygen atoms in total. The fourth-order valence-corrected chi connectivity index (χ4v) is 5.69. The number of carbonyl (C=O) groups excluding carboxylic acids is 1. The summed E-state index contributed by atoms with van der Waals surface area (Å²) in [6, 6.07) is 4.52. The second-order valence-electron chi connectivity index (χ2n) is 11.0. The third-order valence-corrected chi connectivity index (χ3v) is 8.29. The van der Waals surface area contributed by atoms with Crippen LogP contribution in [0, 0.1) is 17.2 Å². The molecule has 2 aromatic heterocycles. The molecule has 2 heterocycles. The van der Waals surface area contributed by atoms with Gasteiger partial charge in [0, 0.05) is 18.0 Å². The van der Waals surface area contributed by atoms with Crippen molar-refractivity contribution >= 4 is 46.3 Å². The van der Waals surface area contributed by atoms with Crippen molar-refractivity contribution in [2.45, 2.75) is 77.0 Å². The summed E-state index contributed by atoms with van der Waals surface area (Å²) < 4.78 is 16.6. The number of nitrogens with zero attached hydrogens (tertiary/aromatic N) is 4. The first-order valence-corrected chi connectivity index (χ1v) is 13.2. The number of para-hydroxylation sites is 1. The molecule has 0 saturated heterocycles. The Balaban J connectivity index is 1.49. The molecule has 0 radical (unpaired) electrons. The topological polar surface area (TPSA) is 131 Å². The predicted molar refractivity (Wildman–Crippen MR) is 141 cm³/mol. The lowest BCUT2D eigenvalue weighted by molar-refractivity contribution is -0.122. The van der Waals surface area contributed by atoms with E-state index >= 15 is 0 Å². The molecule has 2 aliphatic carbocycles. The summed E-state index contributed by atoms with van der Waals surface area (Å²) in [7, 11) is 0. The van der Waals surface area contributed by atoms with Gasteiger partial charge in [-0.05, 0) is 62.5 Å². The number of hydrogen-bond acceptors (Lipinski definition) is 7. The summed E-state index contributed by atoms with van der Waals surface area (Å²) >= 11 is 6.29. The van der Waals surface area contributed by atoms with Crippen LogP contribution in [0.3, 0.4) is 0 Å². The molecule has 2 fully saturated rings. The molecule has 0 bridgehead atoms. The van der Waals surface area contributed by atoms with Gasteiger partial charge in [-0.1, -0.05) is 31.5 Å². The van der Waals surface area contributed by atoms with Crippen molar-refractivity contribution in [3.05, 3.63) is 35.2 Å². The largest absolute Gasteiger partial charge is 0.392 e. The molecule has 11 heteroatoms. The summed E-state index contributed by atoms with van der Waals surface area (Å²) in [6.07, 6.45) is 6.38. The van der Waals surface area contributed by atoms with Crippen LogP contribution < -0.4 is 16.4 Å². The third-order valence-electron chi connectivity index (χ3n) is 7.98. The van der Waals surface area contributed by atoms with Crippen molar-refractivity contribution in [3.63, 3.8) is 0 Å². The zero-order valence-corrected chi connectivity index (χ0v) is 21.8. The number of halogens is 2. The number of nitrogens with one attached hydrogen (secondary N) is 2. The summed E-state index contributed by atoms with van der Waals surface area (Å²) in [5.41, 5.74) is 6.73. The first-order valence-electron chi connectivity index (χ1n) is 12.8. The number of primary amides is 1. The number of amides is 1. The summed E-state index contributed by atoms with van der Waals surface area (Å²) in [5.74, 6) is -0.0668. The highest BCUT2D eigenvalue weighted by Gasteiger charge is 2.35. The molecule has 3 aromatic rings. The summed E-state index contributed by atoms with van der Waals surface area (Å²) in [4.78, 5) is 25.7. The van der Waals surface area contributed by atoms with E-state index in [9.17, 15) is 14.3 Å². The van der Waals surface area contributed by atoms with E-state index in [2.05, 4.69) is 34.4 Å². The Morgan fingerprint density at radius 1 is 1.22 bits per heavy atom. The van der Waals surface area contributed by atoms with Crippen molar-refractivity contribution in [1.82, 2.24) is 19.5 Å². The monoisotopic (exact) mass is 529 g/mol. The van der Waals surface area contributed by atoms with Crippen LogP contribution in [-0.2, 0) is 4.79 Å². The molecular formula is C26H33ClFN7O2. The molecule has 1 aromatic carbocycles. The minimum atomic E-state index is -0.490. The van der Waals surface area contributed by atoms with Crippen LogP contribution in [-0.4, -0.2) is 42.7 Å². The van der Waals surface area contributed by atoms with Crippen molar-refractivity contribution in [2.75, 3.05) is 10.6 Å². The van der Waals surface area contributed by atoms with E-state index in [0.29, 0.717) is 55.2 Å². The molecule has 0 spiro atoms. The van der Waals surface area contributed by atoms with Crippen LogP contribution in [0.4, 0.5) is 22.0 Å². The predicted octanol–water partition coefficient (Wildman–Crippen LogP) is 4.93. The number of anilines is 3. The van der Waals surface area contributed by atoms with E-state index in [4.69, 9.17) is 22.3 Å². The minimum absolute atomic E-state index is 0.0197. The molecule has 0 aliphatic heterocycles. The van der Waals surface area contributed by atoms with Gasteiger partial charge in [-0.2, -0.15) is 4.98 Å². The van der Waals surface area contributed by atoms with E-state index in [0.717, 1.165) is 12.8 Å². The van der Waals surface area contributed by atoms with Crippen LogP contribution >= 0.6 is 11.6 Å². The number of benzene rings is 1. The lowest BCUT2D eigenvalue weighted by atomic mass is 9.73. The lowest BCUT2D eigenvalue weighted by Gasteiger charge is -2.39. The summed E-state index contributed by atoms with van der Waals surface area (Å²) in [5, 5.41) is 17.2. The van der Waals surface area contributed by atoms with Gasteiger partial charge in [0.25, 0.3) is 0 Å². The molecule has 2 saturated carbocycles. The standard InChI is InChI=1S/C26H33ClFN7O2/c1-26(2)11-10-15(12-20(26)36)31-24-30-13-19-23(34-24)35(16-8-6-14(7-9-16)22(29)37)25(32-19)33-21-17(27)4-3-5-18(21)28/h3-5,13-16,20,36H,6-12H2,1-2H3,(H2,29,37)(H,32,33)(H,30,31,34)/t14?,15-,16?,20-/m1/s1. The van der Waals surface area contributed by atoms with Crippen LogP contribution in [0.15, 0.2) is 24.4 Å². The molecule has 1 amide bonds. The highest BCUT2D eigenvalue weighted by atomic mass is 35.5. The van der Waals surface area contributed by atoms with E-state index in [1.54, 1.807) is 18.3 Å². The zero-order chi connectivity index (χ0) is 26.3. The number of fused-ring (bicyclic) bond motifs is 1. The van der Waals surface area contributed by atoms with Crippen LogP contribution in [0.1, 0.15) is 64.8 Å². The quantitative estimate of drug-likeness (QED) is 0.356. The smallest absolute Gasteiger partial charge is 0.224 e. The Bertz CT molecular complexity index is 1290. The number of aliphatic hydroxyl groups is 1. The van der Waals surface area contributed by atoms with Crippen molar-refractivity contribution in [1.29, 1.82) is 0 Å². The second kappa shape index (κ2) is 10.1. The third kappa shape index (κ3) is 5.22. The Morgan fingerprint density at radius 2 is 1.97 bits per heavy atom. The molecule has 198 valence electrons. The maximum absolute atomic E-state index is 14.6. The first-order chi connectivity index (χ1) is 17.6. The highest BCUT2D eigenvalue weighted by Crippen LogP contribution is 2.39. The van der Waals surface area contributed by atoms with Gasteiger partial charge in [-0.25, -0.2) is 14.4 Å². The molecule has 5 N–H and O–H groups in total. The number of rotatable bonds is 6. The number of aliphatic hydroxyl groups excluding tert-OH is 1. The maximum atomic E-state index is 14.6. The van der Waals surface area contributed by atoms with Crippen molar-refractivity contribution in [3.8, 4) is 0 Å². The van der Waals surface area contributed by atoms with E-state index < -0.39 is 11.9 Å². The summed E-state index contributed by atoms with van der Waals surface area (Å²) in [6.45, 7) is 4.16. The zero-order valence-electron chi connectivity index (χ0n) is 21.0. The van der Waals surface area contributed by atoms with E-state index in [1.165, 1.54) is 6.07 Å². The molecule has 5 rings (SSSR count). The molecule has 2 atom stereocenters. The molecule has 0 unspecified atom stereocenters. The molecular weight excluding hydrogens is 497 g/mol. The van der Waals surface area contributed by atoms with Crippen LogP contribution in [0.25, 0.3) is 11.2 Å². The van der Waals surface area contributed by atoms with Gasteiger partial charge in [0.1, 0.15) is 11.3 Å². The van der Waals surface area contributed by atoms with Gasteiger partial charge in [-0.3, -0.25) is 9.36 Å². The van der Waals surface area contributed by atoms with Gasteiger partial charge in [-0.15, -0.1) is 0 Å². The van der Waals surface area contributed by atoms with Gasteiger partial charge in [0.05, 0.1) is 23.0 Å². The average molecular weight is 530 g/mol. The van der Waals surface area contributed by atoms with Crippen LogP contribution in [0.5, 0.6) is 0 Å². The number of carbonyl (C=O) groups is 1. The Labute approximate surface area is 220 Å². The number of imidazole rings is 1. The second-order valence-corrected chi connectivity index (χ2v) is 11.4. The maximum Gasteiger partial charge on any atom is 0.224 e. The number of hydrogen-bond donors (Lipinski definition) is 4. The van der Waals surface area contributed by atoms with Gasteiger partial charge in [0.15, 0.2) is 5.65 Å². The van der Waals surface area contributed by atoms with Gasteiger partial charge in [0.2, 0.25) is 17.8 Å². The molecule has 2 aliphatic rings. The molecule has 37 heavy (non-hydrogen) atoms. The fourth-order valence-electron chi connectivity index (χ4n) is 5.47. The minimum Gasteiger partial charge on any atom is -0.392 e. The van der Waals surface area contributed by atoms with Crippen LogP contribution in [0.2, 0.25) is 5.02 Å². The number of nitrogens with two attached hydrogens (primary N) is 1. The lowest BCUT2D eigenvalue weighted by Crippen LogP contribution is -2.41. The van der Waals surface area contributed by atoms with Crippen molar-refractivity contribution in [2.24, 2.45) is 17.1 Å². The highest BCUT2D eigenvalue weighted by molar-refractivity contribution is 6.33. The first kappa shape index (κ1) is 25.7. The average Bonchev–Trinajstić information content (AvgIpc) is 3.21. The van der Waals surface area contributed by atoms with E-state index in [-0.39, 0.29) is 40.0 Å². The fraction of sp³-hybridized carbons (Fsp3) is 0.538. The van der Waals surface area contributed by atoms with Gasteiger partial charge < -0.3 is 21.5 Å². The SMILES string of the molecule is CC1(C)CC[C@@H](Nc2ncc3nc(Nc4c(F)cccc4Cl)n(C4CCC(C(N)=O)CC4)c3n2)C[C@H]1O. The Hall–Kier alpha value is -2.98. The van der Waals surface area contributed by atoms with Gasteiger partial charge >= 0.3 is 0 Å². The normalized spacial score (nSPS) is 25.6. The van der Waals surface area contributed by atoms with Crippen molar-refractivity contribution < 1.29 is 14.3 Å². The van der Waals surface area contributed by atoms with E-state index in [1.807, 2.05) is 4.57 Å². The Morgan fingerprint density at radius 3 is 2.65 bits per heavy atom. The Kier molecular flexibility index (Phi) is 6.97. The number of aromatic nitrogens is 4.